The SMILES string of the molecule is C1=Cc2cc3c4cc5ccccc5nc4n(-c4ccc(-c5ccc(-n6c7cc8ccccc8cc7c7cc8ccccc8nc76)cc5)cc4)c3cc2CC1. The first-order valence-corrected chi connectivity index (χ1v) is 18.7. The second kappa shape index (κ2) is 11.2. The van der Waals surface area contributed by atoms with E-state index in [1.807, 2.05) is 0 Å². The molecule has 0 saturated carbocycles. The molecule has 0 aliphatic heterocycles. The topological polar surface area (TPSA) is 35.6 Å². The molecule has 1 aliphatic carbocycles. The molecule has 0 radical (unpaired) electrons. The van der Waals surface area contributed by atoms with Gasteiger partial charge in [0.1, 0.15) is 11.3 Å². The molecule has 0 bridgehead atoms. The molecule has 54 heavy (non-hydrogen) atoms. The van der Waals surface area contributed by atoms with Gasteiger partial charge in [-0.3, -0.25) is 9.13 Å². The van der Waals surface area contributed by atoms with Gasteiger partial charge in [0.05, 0.1) is 22.1 Å². The molecule has 4 heteroatoms. The highest BCUT2D eigenvalue weighted by atomic mass is 15.1. The van der Waals surface area contributed by atoms with Gasteiger partial charge in [-0.1, -0.05) is 97.1 Å². The summed E-state index contributed by atoms with van der Waals surface area (Å²) in [5.41, 5.74) is 13.6. The van der Waals surface area contributed by atoms with Crippen LogP contribution < -0.4 is 0 Å². The number of nitrogens with zero attached hydrogens (tertiary/aromatic N) is 4. The van der Waals surface area contributed by atoms with E-state index in [-0.39, 0.29) is 0 Å². The lowest BCUT2D eigenvalue weighted by molar-refractivity contribution is 0.986. The molecule has 1 aliphatic rings. The van der Waals surface area contributed by atoms with E-state index < -0.39 is 0 Å². The molecule has 0 amide bonds. The zero-order chi connectivity index (χ0) is 35.3. The average molecular weight is 689 g/mol. The Morgan fingerprint density at radius 1 is 0.426 bits per heavy atom. The largest absolute Gasteiger partial charge is 0.294 e. The maximum atomic E-state index is 5.25. The van der Waals surface area contributed by atoms with Crippen LogP contribution in [0.15, 0.2) is 164 Å². The van der Waals surface area contributed by atoms with Crippen molar-refractivity contribution in [3.63, 3.8) is 0 Å². The Kier molecular flexibility index (Phi) is 6.14. The van der Waals surface area contributed by atoms with Crippen molar-refractivity contribution in [3.8, 4) is 22.5 Å². The van der Waals surface area contributed by atoms with Gasteiger partial charge in [-0.15, -0.1) is 0 Å². The summed E-state index contributed by atoms with van der Waals surface area (Å²) in [5, 5.41) is 9.58. The van der Waals surface area contributed by atoms with Crippen LogP contribution in [0.5, 0.6) is 0 Å². The maximum absolute atomic E-state index is 5.25. The van der Waals surface area contributed by atoms with E-state index in [1.54, 1.807) is 0 Å². The molecule has 0 atom stereocenters. The molecule has 4 heterocycles. The van der Waals surface area contributed by atoms with Crippen molar-refractivity contribution in [2.75, 3.05) is 0 Å². The van der Waals surface area contributed by atoms with Crippen LogP contribution in [0.4, 0.5) is 0 Å². The Hall–Kier alpha value is -7.04. The number of aryl methyl sites for hydroxylation is 1. The minimum atomic E-state index is 0.973. The number of aromatic nitrogens is 4. The maximum Gasteiger partial charge on any atom is 0.146 e. The normalized spacial score (nSPS) is 13.0. The van der Waals surface area contributed by atoms with Gasteiger partial charge in [0.15, 0.2) is 0 Å². The summed E-state index contributed by atoms with van der Waals surface area (Å²) < 4.78 is 4.68. The first-order chi connectivity index (χ1) is 26.7. The highest BCUT2D eigenvalue weighted by Crippen LogP contribution is 2.38. The summed E-state index contributed by atoms with van der Waals surface area (Å²) in [6, 6.07) is 57.3. The third-order valence-electron chi connectivity index (χ3n) is 11.5. The second-order valence-electron chi connectivity index (χ2n) is 14.6. The molecule has 4 nitrogen and oxygen atoms in total. The average Bonchev–Trinajstić information content (AvgIpc) is 3.70. The van der Waals surface area contributed by atoms with E-state index >= 15 is 0 Å². The summed E-state index contributed by atoms with van der Waals surface area (Å²) in [7, 11) is 0. The van der Waals surface area contributed by atoms with Crippen LogP contribution in [0.1, 0.15) is 17.5 Å². The van der Waals surface area contributed by atoms with Gasteiger partial charge in [-0.25, -0.2) is 9.97 Å². The fourth-order valence-electron chi connectivity index (χ4n) is 8.80. The molecule has 12 rings (SSSR count). The lowest BCUT2D eigenvalue weighted by Gasteiger charge is -2.13. The monoisotopic (exact) mass is 688 g/mol. The van der Waals surface area contributed by atoms with Gasteiger partial charge in [-0.2, -0.15) is 0 Å². The summed E-state index contributed by atoms with van der Waals surface area (Å²) in [4.78, 5) is 10.5. The highest BCUT2D eigenvalue weighted by molar-refractivity contribution is 6.15. The lowest BCUT2D eigenvalue weighted by Crippen LogP contribution is -1.98. The number of allylic oxidation sites excluding steroid dienone is 1. The number of pyridine rings is 2. The molecule has 0 N–H and O–H groups in total. The second-order valence-corrected chi connectivity index (χ2v) is 14.6. The van der Waals surface area contributed by atoms with Gasteiger partial charge < -0.3 is 0 Å². The van der Waals surface area contributed by atoms with E-state index in [0.29, 0.717) is 0 Å². The zero-order valence-corrected chi connectivity index (χ0v) is 29.4. The van der Waals surface area contributed by atoms with E-state index in [2.05, 4.69) is 179 Å². The van der Waals surface area contributed by atoms with Gasteiger partial charge in [0.25, 0.3) is 0 Å². The molecule has 4 aromatic heterocycles. The highest BCUT2D eigenvalue weighted by Gasteiger charge is 2.19. The first kappa shape index (κ1) is 29.5. The molecule has 0 spiro atoms. The fraction of sp³-hybridized carbons (Fsp3) is 0.0400. The van der Waals surface area contributed by atoms with Crippen LogP contribution >= 0.6 is 0 Å². The van der Waals surface area contributed by atoms with Crippen LogP contribution in [0.3, 0.4) is 0 Å². The summed E-state index contributed by atoms with van der Waals surface area (Å²) in [6.45, 7) is 0. The number of fused-ring (bicyclic) bond motifs is 10. The van der Waals surface area contributed by atoms with Crippen LogP contribution in [0.2, 0.25) is 0 Å². The van der Waals surface area contributed by atoms with Crippen molar-refractivity contribution in [3.05, 3.63) is 175 Å². The van der Waals surface area contributed by atoms with E-state index in [1.165, 1.54) is 60.1 Å². The Bertz CT molecular complexity index is 3270. The quantitative estimate of drug-likeness (QED) is 0.185. The van der Waals surface area contributed by atoms with Gasteiger partial charge in [-0.05, 0) is 119 Å². The molecule has 0 unspecified atom stereocenters. The third kappa shape index (κ3) is 4.37. The predicted octanol–water partition coefficient (Wildman–Crippen LogP) is 12.8. The Morgan fingerprint density at radius 2 is 0.907 bits per heavy atom. The number of hydrogen-bond acceptors (Lipinski definition) is 2. The summed E-state index contributed by atoms with van der Waals surface area (Å²) >= 11 is 0. The smallest absolute Gasteiger partial charge is 0.146 e. The molecule has 11 aromatic rings. The number of rotatable bonds is 3. The standard InChI is InChI=1S/C50H32N4/c1-3-11-35-29-47-41(25-33(35)9-1)43-27-37-13-5-7-15-45(37)51-49(43)53(47)39-21-17-31(18-22-39)32-19-23-40(24-20-32)54-48-30-36-12-4-2-10-34(36)26-42(48)44-28-38-14-6-8-16-46(38)52-50(44)54/h1-3,5-11,13-30H,4,12H2. The van der Waals surface area contributed by atoms with Crippen LogP contribution in [-0.2, 0) is 6.42 Å². The molecule has 0 fully saturated rings. The molecule has 7 aromatic carbocycles. The minimum absolute atomic E-state index is 0.973. The van der Waals surface area contributed by atoms with E-state index in [4.69, 9.17) is 9.97 Å². The first-order valence-electron chi connectivity index (χ1n) is 18.7. The van der Waals surface area contributed by atoms with E-state index in [0.717, 1.165) is 62.8 Å². The molecule has 0 saturated heterocycles. The van der Waals surface area contributed by atoms with Gasteiger partial charge >= 0.3 is 0 Å². The molecular weight excluding hydrogens is 657 g/mol. The van der Waals surface area contributed by atoms with Crippen molar-refractivity contribution in [2.45, 2.75) is 12.8 Å². The Morgan fingerprint density at radius 3 is 1.50 bits per heavy atom. The lowest BCUT2D eigenvalue weighted by atomic mass is 9.95. The summed E-state index contributed by atoms with van der Waals surface area (Å²) in [6.07, 6.45) is 6.70. The van der Waals surface area contributed by atoms with Crippen LogP contribution in [0, 0.1) is 0 Å². The fourth-order valence-corrected chi connectivity index (χ4v) is 8.80. The zero-order valence-electron chi connectivity index (χ0n) is 29.4. The number of para-hydroxylation sites is 2. The Labute approximate surface area is 310 Å². The molecular formula is C50H32N4. The van der Waals surface area contributed by atoms with Gasteiger partial charge in [0.2, 0.25) is 0 Å². The van der Waals surface area contributed by atoms with E-state index in [9.17, 15) is 0 Å². The van der Waals surface area contributed by atoms with Crippen LogP contribution in [-0.4, -0.2) is 19.1 Å². The van der Waals surface area contributed by atoms with Gasteiger partial charge in [0, 0.05) is 43.7 Å². The Balaban J connectivity index is 0.981. The van der Waals surface area contributed by atoms with Crippen molar-refractivity contribution in [1.82, 2.24) is 19.1 Å². The van der Waals surface area contributed by atoms with Crippen molar-refractivity contribution >= 4 is 82.5 Å². The number of hydrogen-bond donors (Lipinski definition) is 0. The van der Waals surface area contributed by atoms with Crippen molar-refractivity contribution < 1.29 is 0 Å². The minimum Gasteiger partial charge on any atom is -0.294 e. The van der Waals surface area contributed by atoms with Crippen molar-refractivity contribution in [2.24, 2.45) is 0 Å². The number of benzene rings is 7. The molecule has 252 valence electrons. The predicted molar refractivity (Wildman–Crippen MR) is 226 cm³/mol. The summed E-state index contributed by atoms with van der Waals surface area (Å²) in [5.74, 6) is 0. The third-order valence-corrected chi connectivity index (χ3v) is 11.5. The van der Waals surface area contributed by atoms with Crippen molar-refractivity contribution in [1.29, 1.82) is 0 Å². The van der Waals surface area contributed by atoms with Crippen LogP contribution in [0.25, 0.3) is 105 Å².